The van der Waals surface area contributed by atoms with Crippen LogP contribution in [0.1, 0.15) is 32.1 Å². The third-order valence-corrected chi connectivity index (χ3v) is 3.01. The molecule has 2 rings (SSSR count). The Morgan fingerprint density at radius 3 is 2.72 bits per heavy atom. The molecule has 1 aromatic rings. The summed E-state index contributed by atoms with van der Waals surface area (Å²) in [4.78, 5) is 11.7. The van der Waals surface area contributed by atoms with Crippen LogP contribution in [0.2, 0.25) is 0 Å². The second kappa shape index (κ2) is 6.84. The van der Waals surface area contributed by atoms with Crippen LogP contribution in [-0.2, 0) is 4.74 Å². The molecular weight excluding hydrogens is 226 g/mol. The maximum absolute atomic E-state index is 11.7. The number of allylic oxidation sites excluding steroid dienone is 2. The van der Waals surface area contributed by atoms with E-state index in [1.165, 1.54) is 0 Å². The summed E-state index contributed by atoms with van der Waals surface area (Å²) in [6.45, 7) is 0. The molecule has 18 heavy (non-hydrogen) atoms. The summed E-state index contributed by atoms with van der Waals surface area (Å²) in [6, 6.07) is 9.38. The second-order valence-electron chi connectivity index (χ2n) is 4.50. The SMILES string of the molecule is O=C(Nc1ccccc1)O[C@@H]1CCC=CCCC1. The summed E-state index contributed by atoms with van der Waals surface area (Å²) in [5.74, 6) is 0. The first-order valence-electron chi connectivity index (χ1n) is 6.52. The van der Waals surface area contributed by atoms with E-state index < -0.39 is 0 Å². The molecule has 1 N–H and O–H groups in total. The smallest absolute Gasteiger partial charge is 0.411 e. The predicted octanol–water partition coefficient (Wildman–Crippen LogP) is 4.12. The minimum atomic E-state index is -0.351. The van der Waals surface area contributed by atoms with Crippen molar-refractivity contribution in [3.63, 3.8) is 0 Å². The molecule has 0 bridgehead atoms. The molecule has 3 nitrogen and oxygen atoms in total. The standard InChI is InChI=1S/C15H19NO2/c17-15(16-13-9-5-4-6-10-13)18-14-11-7-2-1-3-8-12-14/h1-2,4-6,9-10,14H,3,7-8,11-12H2,(H,16,17)/t14-/m1/s1. The fourth-order valence-corrected chi connectivity index (χ4v) is 2.06. The average molecular weight is 245 g/mol. The van der Waals surface area contributed by atoms with E-state index in [0.29, 0.717) is 0 Å². The Hall–Kier alpha value is -1.77. The van der Waals surface area contributed by atoms with Gasteiger partial charge in [-0.25, -0.2) is 4.79 Å². The van der Waals surface area contributed by atoms with Gasteiger partial charge in [0.2, 0.25) is 0 Å². The lowest BCUT2D eigenvalue weighted by Crippen LogP contribution is -2.22. The number of anilines is 1. The van der Waals surface area contributed by atoms with Crippen LogP contribution >= 0.6 is 0 Å². The first-order valence-corrected chi connectivity index (χ1v) is 6.52. The van der Waals surface area contributed by atoms with Crippen LogP contribution in [0.15, 0.2) is 42.5 Å². The van der Waals surface area contributed by atoms with Crippen molar-refractivity contribution in [1.29, 1.82) is 0 Å². The fraction of sp³-hybridized carbons (Fsp3) is 0.400. The summed E-state index contributed by atoms with van der Waals surface area (Å²) in [5.41, 5.74) is 0.772. The summed E-state index contributed by atoms with van der Waals surface area (Å²) < 4.78 is 5.45. The Balaban J connectivity index is 1.81. The molecule has 0 aliphatic heterocycles. The highest BCUT2D eigenvalue weighted by molar-refractivity contribution is 5.84. The number of ether oxygens (including phenoxy) is 1. The third kappa shape index (κ3) is 4.24. The number of nitrogens with one attached hydrogen (secondary N) is 1. The minimum Gasteiger partial charge on any atom is -0.446 e. The van der Waals surface area contributed by atoms with Crippen molar-refractivity contribution >= 4 is 11.8 Å². The number of rotatable bonds is 2. The first-order chi connectivity index (χ1) is 8.84. The van der Waals surface area contributed by atoms with E-state index in [2.05, 4.69) is 17.5 Å². The zero-order valence-electron chi connectivity index (χ0n) is 10.5. The lowest BCUT2D eigenvalue weighted by molar-refractivity contribution is 0.0985. The van der Waals surface area contributed by atoms with Gasteiger partial charge >= 0.3 is 6.09 Å². The van der Waals surface area contributed by atoms with Crippen LogP contribution in [-0.4, -0.2) is 12.2 Å². The minimum absolute atomic E-state index is 0.0404. The zero-order chi connectivity index (χ0) is 12.6. The van der Waals surface area contributed by atoms with Crippen LogP contribution < -0.4 is 5.32 Å². The number of carbonyl (C=O) groups is 1. The lowest BCUT2D eigenvalue weighted by Gasteiger charge is -2.18. The Bertz CT molecular complexity index is 400. The van der Waals surface area contributed by atoms with Gasteiger partial charge in [0.1, 0.15) is 6.10 Å². The Morgan fingerprint density at radius 1 is 1.11 bits per heavy atom. The van der Waals surface area contributed by atoms with E-state index in [1.54, 1.807) is 0 Å². The highest BCUT2D eigenvalue weighted by Gasteiger charge is 2.14. The van der Waals surface area contributed by atoms with Gasteiger partial charge in [-0.2, -0.15) is 0 Å². The van der Waals surface area contributed by atoms with E-state index in [4.69, 9.17) is 4.74 Å². The van der Waals surface area contributed by atoms with Gasteiger partial charge in [0.15, 0.2) is 0 Å². The molecule has 1 aromatic carbocycles. The molecule has 0 unspecified atom stereocenters. The summed E-state index contributed by atoms with van der Waals surface area (Å²) in [6.07, 6.45) is 9.09. The average Bonchev–Trinajstić information content (AvgIpc) is 2.34. The maximum Gasteiger partial charge on any atom is 0.411 e. The largest absolute Gasteiger partial charge is 0.446 e. The van der Waals surface area contributed by atoms with Crippen LogP contribution in [0.5, 0.6) is 0 Å². The second-order valence-corrected chi connectivity index (χ2v) is 4.50. The van der Waals surface area contributed by atoms with Crippen LogP contribution in [0.25, 0.3) is 0 Å². The molecule has 1 atom stereocenters. The number of hydrogen-bond acceptors (Lipinski definition) is 2. The van der Waals surface area contributed by atoms with Crippen LogP contribution in [0, 0.1) is 0 Å². The van der Waals surface area contributed by atoms with Crippen LogP contribution in [0.3, 0.4) is 0 Å². The lowest BCUT2D eigenvalue weighted by atomic mass is 10.0. The van der Waals surface area contributed by atoms with Gasteiger partial charge in [-0.05, 0) is 44.2 Å². The van der Waals surface area contributed by atoms with Crippen molar-refractivity contribution in [3.8, 4) is 0 Å². The van der Waals surface area contributed by atoms with E-state index in [0.717, 1.165) is 37.8 Å². The number of carbonyl (C=O) groups excluding carboxylic acids is 1. The Labute approximate surface area is 108 Å². The fourth-order valence-electron chi connectivity index (χ4n) is 2.06. The van der Waals surface area contributed by atoms with Crippen molar-refractivity contribution in [2.24, 2.45) is 0 Å². The highest BCUT2D eigenvalue weighted by atomic mass is 16.6. The molecule has 3 heteroatoms. The van der Waals surface area contributed by atoms with Gasteiger partial charge in [0.25, 0.3) is 0 Å². The van der Waals surface area contributed by atoms with E-state index >= 15 is 0 Å². The zero-order valence-corrected chi connectivity index (χ0v) is 10.5. The van der Waals surface area contributed by atoms with Gasteiger partial charge in [-0.15, -0.1) is 0 Å². The van der Waals surface area contributed by atoms with Crippen molar-refractivity contribution in [3.05, 3.63) is 42.5 Å². The quantitative estimate of drug-likeness (QED) is 0.796. The van der Waals surface area contributed by atoms with Crippen LogP contribution in [0.4, 0.5) is 10.5 Å². The molecule has 96 valence electrons. The van der Waals surface area contributed by atoms with Crippen molar-refractivity contribution in [2.45, 2.75) is 38.2 Å². The van der Waals surface area contributed by atoms with E-state index in [1.807, 2.05) is 30.3 Å². The summed E-state index contributed by atoms with van der Waals surface area (Å²) >= 11 is 0. The monoisotopic (exact) mass is 245 g/mol. The van der Waals surface area contributed by atoms with Gasteiger partial charge < -0.3 is 4.74 Å². The molecule has 1 aliphatic carbocycles. The maximum atomic E-state index is 11.7. The van der Waals surface area contributed by atoms with Gasteiger partial charge in [0, 0.05) is 5.69 Å². The molecular formula is C15H19NO2. The number of benzene rings is 1. The Morgan fingerprint density at radius 2 is 1.89 bits per heavy atom. The summed E-state index contributed by atoms with van der Waals surface area (Å²) in [5, 5.41) is 2.75. The van der Waals surface area contributed by atoms with Crippen molar-refractivity contribution < 1.29 is 9.53 Å². The molecule has 0 fully saturated rings. The topological polar surface area (TPSA) is 38.3 Å². The number of amides is 1. The molecule has 0 aromatic heterocycles. The Kier molecular flexibility index (Phi) is 4.82. The van der Waals surface area contributed by atoms with Crippen molar-refractivity contribution in [1.82, 2.24) is 0 Å². The van der Waals surface area contributed by atoms with Crippen molar-refractivity contribution in [2.75, 3.05) is 5.32 Å². The molecule has 0 heterocycles. The van der Waals surface area contributed by atoms with Gasteiger partial charge in [-0.1, -0.05) is 30.4 Å². The summed E-state index contributed by atoms with van der Waals surface area (Å²) in [7, 11) is 0. The highest BCUT2D eigenvalue weighted by Crippen LogP contribution is 2.16. The molecule has 1 aliphatic rings. The third-order valence-electron chi connectivity index (χ3n) is 3.01. The number of hydrogen-bond donors (Lipinski definition) is 1. The van der Waals surface area contributed by atoms with Gasteiger partial charge in [0.05, 0.1) is 0 Å². The molecule has 0 saturated carbocycles. The molecule has 0 spiro atoms. The van der Waals surface area contributed by atoms with Gasteiger partial charge in [-0.3, -0.25) is 5.32 Å². The predicted molar refractivity (Wildman–Crippen MR) is 72.6 cm³/mol. The molecule has 0 radical (unpaired) electrons. The molecule has 1 amide bonds. The molecule has 0 saturated heterocycles. The van der Waals surface area contributed by atoms with E-state index in [9.17, 15) is 4.79 Å². The normalized spacial score (nSPS) is 19.7. The number of para-hydroxylation sites is 1. The van der Waals surface area contributed by atoms with E-state index in [-0.39, 0.29) is 12.2 Å². The first kappa shape index (κ1) is 12.7.